The lowest BCUT2D eigenvalue weighted by Crippen LogP contribution is -2.21. The van der Waals surface area contributed by atoms with Crippen LogP contribution in [0.3, 0.4) is 0 Å². The largest absolute Gasteiger partial charge is 0.480 e. The Morgan fingerprint density at radius 3 is 1.96 bits per heavy atom. The SMILES string of the molecule is CC(=O)SC(CC(=O)c1ccc(Sc2ccc(C)cc2)cc1)C(=O)O. The van der Waals surface area contributed by atoms with E-state index in [0.29, 0.717) is 17.3 Å². The number of carboxylic acids is 1. The summed E-state index contributed by atoms with van der Waals surface area (Å²) in [4.78, 5) is 36.6. The van der Waals surface area contributed by atoms with Crippen molar-refractivity contribution in [2.24, 2.45) is 0 Å². The van der Waals surface area contributed by atoms with Crippen LogP contribution in [0.1, 0.15) is 29.3 Å². The molecule has 0 fully saturated rings. The highest BCUT2D eigenvalue weighted by Crippen LogP contribution is 2.28. The molecular weight excluding hydrogens is 356 g/mol. The van der Waals surface area contributed by atoms with Crippen molar-refractivity contribution >= 4 is 40.4 Å². The predicted octanol–water partition coefficient (Wildman–Crippen LogP) is 4.45. The van der Waals surface area contributed by atoms with Crippen LogP contribution in [-0.2, 0) is 9.59 Å². The highest BCUT2D eigenvalue weighted by atomic mass is 32.2. The number of carbonyl (C=O) groups is 3. The summed E-state index contributed by atoms with van der Waals surface area (Å²) < 4.78 is 0. The van der Waals surface area contributed by atoms with E-state index < -0.39 is 11.2 Å². The van der Waals surface area contributed by atoms with Crippen molar-refractivity contribution in [1.29, 1.82) is 0 Å². The molecule has 0 saturated carbocycles. The highest BCUT2D eigenvalue weighted by molar-refractivity contribution is 8.14. The maximum absolute atomic E-state index is 12.3. The lowest BCUT2D eigenvalue weighted by atomic mass is 10.1. The van der Waals surface area contributed by atoms with Gasteiger partial charge in [0.05, 0.1) is 0 Å². The number of aryl methyl sites for hydroxylation is 1. The molecular formula is C19H18O4S2. The van der Waals surface area contributed by atoms with Crippen LogP contribution in [0.2, 0.25) is 0 Å². The first-order valence-electron chi connectivity index (χ1n) is 7.63. The van der Waals surface area contributed by atoms with Crippen molar-refractivity contribution in [3.05, 3.63) is 59.7 Å². The summed E-state index contributed by atoms with van der Waals surface area (Å²) >= 11 is 2.26. The number of rotatable bonds is 7. The first kappa shape index (κ1) is 19.3. The zero-order chi connectivity index (χ0) is 18.4. The van der Waals surface area contributed by atoms with Crippen molar-refractivity contribution < 1.29 is 19.5 Å². The van der Waals surface area contributed by atoms with E-state index in [-0.39, 0.29) is 17.3 Å². The second kappa shape index (κ2) is 8.87. The predicted molar refractivity (Wildman–Crippen MR) is 100 cm³/mol. The molecule has 1 unspecified atom stereocenters. The van der Waals surface area contributed by atoms with Crippen molar-refractivity contribution in [3.63, 3.8) is 0 Å². The van der Waals surface area contributed by atoms with Crippen molar-refractivity contribution in [3.8, 4) is 0 Å². The Morgan fingerprint density at radius 1 is 0.960 bits per heavy atom. The Balaban J connectivity index is 2.02. The van der Waals surface area contributed by atoms with E-state index in [1.54, 1.807) is 23.9 Å². The molecule has 25 heavy (non-hydrogen) atoms. The minimum Gasteiger partial charge on any atom is -0.480 e. The van der Waals surface area contributed by atoms with Gasteiger partial charge in [-0.25, -0.2) is 0 Å². The monoisotopic (exact) mass is 374 g/mol. The van der Waals surface area contributed by atoms with E-state index in [4.69, 9.17) is 5.11 Å². The summed E-state index contributed by atoms with van der Waals surface area (Å²) in [7, 11) is 0. The minimum atomic E-state index is -1.15. The molecule has 1 atom stereocenters. The molecule has 2 aromatic rings. The average molecular weight is 374 g/mol. The third-order valence-electron chi connectivity index (χ3n) is 3.39. The van der Waals surface area contributed by atoms with Crippen LogP contribution in [0.15, 0.2) is 58.3 Å². The Labute approximate surface area is 155 Å². The van der Waals surface area contributed by atoms with Gasteiger partial charge in [-0.05, 0) is 31.2 Å². The maximum atomic E-state index is 12.3. The summed E-state index contributed by atoms with van der Waals surface area (Å²) in [6, 6.07) is 15.2. The molecule has 4 nitrogen and oxygen atoms in total. The number of carboxylic acid groups (broad SMARTS) is 1. The molecule has 1 N–H and O–H groups in total. The molecule has 130 valence electrons. The second-order valence-corrected chi connectivity index (χ2v) is 8.03. The van der Waals surface area contributed by atoms with Crippen LogP contribution in [-0.4, -0.2) is 27.2 Å². The third-order valence-corrected chi connectivity index (χ3v) is 5.39. The zero-order valence-electron chi connectivity index (χ0n) is 13.9. The summed E-state index contributed by atoms with van der Waals surface area (Å²) in [5.74, 6) is -1.44. The quantitative estimate of drug-likeness (QED) is 0.722. The first-order chi connectivity index (χ1) is 11.8. The molecule has 0 bridgehead atoms. The van der Waals surface area contributed by atoms with Gasteiger partial charge in [0.2, 0.25) is 0 Å². The number of carbonyl (C=O) groups excluding carboxylic acids is 2. The maximum Gasteiger partial charge on any atom is 0.317 e. The number of benzene rings is 2. The number of thioether (sulfide) groups is 1. The Bertz CT molecular complexity index is 767. The molecule has 0 aliphatic rings. The molecule has 2 aromatic carbocycles. The van der Waals surface area contributed by atoms with Gasteiger partial charge in [-0.1, -0.05) is 53.4 Å². The smallest absolute Gasteiger partial charge is 0.317 e. The van der Waals surface area contributed by atoms with E-state index >= 15 is 0 Å². The number of hydrogen-bond acceptors (Lipinski definition) is 5. The zero-order valence-corrected chi connectivity index (χ0v) is 15.5. The van der Waals surface area contributed by atoms with E-state index in [1.165, 1.54) is 12.5 Å². The fourth-order valence-electron chi connectivity index (χ4n) is 2.12. The van der Waals surface area contributed by atoms with Crippen molar-refractivity contribution in [2.75, 3.05) is 0 Å². The lowest BCUT2D eigenvalue weighted by Gasteiger charge is -2.09. The lowest BCUT2D eigenvalue weighted by molar-refractivity contribution is -0.136. The normalized spacial score (nSPS) is 11.8. The number of ketones is 1. The fourth-order valence-corrected chi connectivity index (χ4v) is 3.67. The number of aliphatic carboxylic acids is 1. The summed E-state index contributed by atoms with van der Waals surface area (Å²) in [6.45, 7) is 3.33. The molecule has 0 spiro atoms. The van der Waals surface area contributed by atoms with Gasteiger partial charge >= 0.3 is 5.97 Å². The molecule has 0 heterocycles. The average Bonchev–Trinajstić information content (AvgIpc) is 2.56. The van der Waals surface area contributed by atoms with Crippen LogP contribution in [0.25, 0.3) is 0 Å². The Morgan fingerprint density at radius 2 is 1.48 bits per heavy atom. The standard InChI is InChI=1S/C19H18O4S2/c1-12-3-7-15(8-4-12)25-16-9-5-14(6-10-16)17(21)11-18(19(22)23)24-13(2)20/h3-10,18H,11H2,1-2H3,(H,22,23). The minimum absolute atomic E-state index is 0.204. The van der Waals surface area contributed by atoms with Gasteiger partial charge < -0.3 is 5.11 Å². The van der Waals surface area contributed by atoms with Gasteiger partial charge in [0.1, 0.15) is 5.25 Å². The van der Waals surface area contributed by atoms with Crippen LogP contribution in [0.4, 0.5) is 0 Å². The summed E-state index contributed by atoms with van der Waals surface area (Å²) in [5.41, 5.74) is 1.64. The van der Waals surface area contributed by atoms with E-state index in [0.717, 1.165) is 9.79 Å². The van der Waals surface area contributed by atoms with E-state index in [2.05, 4.69) is 0 Å². The highest BCUT2D eigenvalue weighted by Gasteiger charge is 2.24. The van der Waals surface area contributed by atoms with Gasteiger partial charge in [-0.3, -0.25) is 14.4 Å². The van der Waals surface area contributed by atoms with Crippen LogP contribution in [0.5, 0.6) is 0 Å². The van der Waals surface area contributed by atoms with Gasteiger partial charge in [-0.15, -0.1) is 0 Å². The number of hydrogen-bond donors (Lipinski definition) is 1. The van der Waals surface area contributed by atoms with Gasteiger partial charge in [-0.2, -0.15) is 0 Å². The molecule has 2 rings (SSSR count). The Kier molecular flexibility index (Phi) is 6.84. The summed E-state index contributed by atoms with van der Waals surface area (Å²) in [6.07, 6.45) is -0.204. The third kappa shape index (κ3) is 6.07. The van der Waals surface area contributed by atoms with Crippen molar-refractivity contribution in [2.45, 2.75) is 35.3 Å². The molecule has 0 aromatic heterocycles. The van der Waals surface area contributed by atoms with Crippen LogP contribution >= 0.6 is 23.5 Å². The molecule has 0 aliphatic heterocycles. The molecule has 0 amide bonds. The van der Waals surface area contributed by atoms with E-state index in [9.17, 15) is 14.4 Å². The van der Waals surface area contributed by atoms with Crippen LogP contribution in [0, 0.1) is 6.92 Å². The second-order valence-electron chi connectivity index (χ2n) is 5.50. The van der Waals surface area contributed by atoms with Crippen molar-refractivity contribution in [1.82, 2.24) is 0 Å². The van der Waals surface area contributed by atoms with Gasteiger partial charge in [0, 0.05) is 28.7 Å². The van der Waals surface area contributed by atoms with Gasteiger partial charge in [0.25, 0.3) is 0 Å². The summed E-state index contributed by atoms with van der Waals surface area (Å²) in [5, 5.41) is 7.75. The topological polar surface area (TPSA) is 71.4 Å². The Hall–Kier alpha value is -2.05. The molecule has 0 radical (unpaired) electrons. The van der Waals surface area contributed by atoms with Gasteiger partial charge in [0.15, 0.2) is 10.9 Å². The van der Waals surface area contributed by atoms with Crippen LogP contribution < -0.4 is 0 Å². The first-order valence-corrected chi connectivity index (χ1v) is 9.32. The molecule has 0 saturated heterocycles. The molecule has 6 heteroatoms. The molecule has 0 aliphatic carbocycles. The number of Topliss-reactive ketones (excluding diaryl/α,β-unsaturated/α-hetero) is 1. The van der Waals surface area contributed by atoms with E-state index in [1.807, 2.05) is 43.3 Å². The fraction of sp³-hybridized carbons (Fsp3) is 0.211.